The maximum Gasteiger partial charge on any atom is 1.00 e. The van der Waals surface area contributed by atoms with Gasteiger partial charge in [-0.05, 0) is 104 Å². The van der Waals surface area contributed by atoms with Crippen LogP contribution in [0.15, 0.2) is 95.6 Å². The van der Waals surface area contributed by atoms with Gasteiger partial charge in [-0.15, -0.1) is 0 Å². The summed E-state index contributed by atoms with van der Waals surface area (Å²) in [4.78, 5) is 12.8. The number of hydrogen-bond donors (Lipinski definition) is 1. The van der Waals surface area contributed by atoms with Crippen molar-refractivity contribution in [2.75, 3.05) is 29.5 Å². The third-order valence-electron chi connectivity index (χ3n) is 10.9. The van der Waals surface area contributed by atoms with Crippen LogP contribution < -0.4 is 103 Å². The monoisotopic (exact) mass is 1000 g/mol. The molecule has 2 aliphatic heterocycles. The molecule has 1 unspecified atom stereocenters. The van der Waals surface area contributed by atoms with Gasteiger partial charge >= 0.3 is 105 Å². The second-order valence-corrected chi connectivity index (χ2v) is 20.2. The summed E-state index contributed by atoms with van der Waals surface area (Å²) in [6.07, 6.45) is 10.0. The van der Waals surface area contributed by atoms with Crippen molar-refractivity contribution in [2.24, 2.45) is 0 Å². The Morgan fingerprint density at radius 2 is 1.66 bits per heavy atom. The second-order valence-electron chi connectivity index (χ2n) is 15.8. The molecule has 3 aromatic carbocycles. The molecule has 0 aromatic heterocycles. The normalized spacial score (nSPS) is 16.4. The molecule has 0 saturated heterocycles. The fourth-order valence-corrected chi connectivity index (χ4v) is 9.63. The number of hydrogen-bond acceptors (Lipinski definition) is 14. The Hall–Kier alpha value is -1.22. The first-order chi connectivity index (χ1) is 29.1. The first-order valence-electron chi connectivity index (χ1n) is 19.6. The average molecular weight is 1000 g/mol. The average Bonchev–Trinajstić information content (AvgIpc) is 3.53. The third kappa shape index (κ3) is 15.9. The van der Waals surface area contributed by atoms with Crippen LogP contribution in [0.4, 0.5) is 11.4 Å². The van der Waals surface area contributed by atoms with Crippen LogP contribution in [0.1, 0.15) is 82.1 Å². The number of carboxylic acid groups (broad SMARTS) is 1. The van der Waals surface area contributed by atoms with E-state index >= 15 is 0 Å². The minimum absolute atomic E-state index is 0. The predicted molar refractivity (Wildman–Crippen MR) is 232 cm³/mol. The number of carbonyl (C=O) groups is 1. The minimum atomic E-state index is -4.81. The maximum absolute atomic E-state index is 12.1. The van der Waals surface area contributed by atoms with Gasteiger partial charge in [0.05, 0.1) is 10.3 Å². The number of aryl methyl sites for hydroxylation is 1. The Balaban J connectivity index is 0.00000484. The van der Waals surface area contributed by atoms with Crippen molar-refractivity contribution in [1.29, 1.82) is 0 Å². The van der Waals surface area contributed by atoms with Crippen LogP contribution in [0.5, 0.6) is 5.75 Å². The summed E-state index contributed by atoms with van der Waals surface area (Å²) >= 11 is -1.94. The van der Waals surface area contributed by atoms with Gasteiger partial charge in [-0.3, -0.25) is 9.83 Å². The molecule has 0 aliphatic carbocycles. The van der Waals surface area contributed by atoms with E-state index in [1.54, 1.807) is 18.2 Å². The maximum atomic E-state index is 12.1. The summed E-state index contributed by atoms with van der Waals surface area (Å²) < 4.78 is 102. The number of carboxylic acids is 1. The molecule has 0 radical (unpaired) electrons. The Labute approximate surface area is 453 Å². The van der Waals surface area contributed by atoms with Crippen molar-refractivity contribution in [3.63, 3.8) is 0 Å². The Morgan fingerprint density at radius 3 is 2.31 bits per heavy atom. The van der Waals surface area contributed by atoms with Crippen molar-refractivity contribution in [3.05, 3.63) is 113 Å². The van der Waals surface area contributed by atoms with E-state index in [2.05, 4.69) is 13.9 Å². The zero-order chi connectivity index (χ0) is 45.5. The SMILES string of the molecule is CC1(C)C(/C=C/C(=C\C=C2/N(CCCS(=O)(=O)[OH2+])c3ccc(S(=O)(=O)[O-])cc3C2(C)C)c2ccccc2CCCCC(=O)O)=[N+](CCCSOO[O-])c2ccc(OS(=O)[O-])cc21.[Na+].[Na+].[Na+]. The molecule has 3 N–H and O–H groups in total. The number of benzene rings is 3. The van der Waals surface area contributed by atoms with Crippen LogP contribution in [-0.4, -0.2) is 80.7 Å². The molecule has 2 heterocycles. The Bertz CT molecular complexity index is 2550. The van der Waals surface area contributed by atoms with Crippen molar-refractivity contribution >= 4 is 72.3 Å². The first-order valence-corrected chi connectivity index (χ1v) is 24.5. The zero-order valence-corrected chi connectivity index (χ0v) is 46.8. The van der Waals surface area contributed by atoms with E-state index in [-0.39, 0.29) is 114 Å². The summed E-state index contributed by atoms with van der Waals surface area (Å²) in [5, 5.41) is 23.2. The zero-order valence-electron chi connectivity index (χ0n) is 37.5. The van der Waals surface area contributed by atoms with E-state index in [9.17, 15) is 45.3 Å². The van der Waals surface area contributed by atoms with E-state index in [4.69, 9.17) is 8.74 Å². The number of anilines is 1. The van der Waals surface area contributed by atoms with E-state index in [0.717, 1.165) is 45.7 Å². The van der Waals surface area contributed by atoms with E-state index in [1.807, 2.05) is 81.2 Å². The largest absolute Gasteiger partial charge is 1.00 e. The number of fused-ring (bicyclic) bond motifs is 2. The molecule has 0 spiro atoms. The second kappa shape index (κ2) is 26.1. The number of unbranched alkanes of at least 4 members (excludes halogenated alkanes) is 1. The molecule has 16 nitrogen and oxygen atoms in total. The van der Waals surface area contributed by atoms with E-state index < -0.39 is 59.0 Å². The van der Waals surface area contributed by atoms with Gasteiger partial charge in [0.25, 0.3) is 0 Å². The van der Waals surface area contributed by atoms with Crippen LogP contribution in [0.2, 0.25) is 0 Å². The van der Waals surface area contributed by atoms with Crippen LogP contribution in [0.3, 0.4) is 0 Å². The third-order valence-corrected chi connectivity index (χ3v) is 13.5. The molecule has 0 saturated carbocycles. The Morgan fingerprint density at radius 1 is 0.954 bits per heavy atom. The van der Waals surface area contributed by atoms with Crippen LogP contribution >= 0.6 is 12.0 Å². The van der Waals surface area contributed by atoms with Crippen molar-refractivity contribution in [2.45, 2.75) is 81.9 Å². The molecule has 0 bridgehead atoms. The van der Waals surface area contributed by atoms with Gasteiger partial charge in [0.1, 0.15) is 39.5 Å². The molecule has 23 heteroatoms. The summed E-state index contributed by atoms with van der Waals surface area (Å²) in [6, 6.07) is 16.8. The molecule has 5 rings (SSSR count). The van der Waals surface area contributed by atoms with Gasteiger partial charge in [-0.2, -0.15) is 17.3 Å². The van der Waals surface area contributed by atoms with Crippen LogP contribution in [0.25, 0.3) is 5.57 Å². The molecule has 1 atom stereocenters. The van der Waals surface area contributed by atoms with E-state index in [0.29, 0.717) is 54.9 Å². The standard InChI is InChI=1S/C42H50N2O14S4.3Na/c1-41(2)34-27-31(56-60(48)49)17-19-36(34)43(23-9-25-59-58-57-47)38(41)21-15-30(33-13-7-5-11-29(33)12-6-8-14-40(45)46)16-22-39-42(3,4)35-28-32(62(53,54)55)18-20-37(35)44(39)24-10-26-61(50,51)52;;;/h5,7,11,13,15-22,27-28H,6,8-10,12,14,23-26H2,1-4H3,(H4-,45,46,47,48,49,50,51,52,53,54,55);;;/q;3*+1/p-1. The fourth-order valence-electron chi connectivity index (χ4n) is 8.01. The van der Waals surface area contributed by atoms with Gasteiger partial charge in [-0.1, -0.05) is 44.2 Å². The van der Waals surface area contributed by atoms with Crippen LogP contribution in [-0.2, 0) is 63.0 Å². The predicted octanol–water partition coefficient (Wildman–Crippen LogP) is -4.02. The molecular formula is C42H49N2Na3O14S4+2. The number of aliphatic carboxylic acids is 1. The van der Waals surface area contributed by atoms with Gasteiger partial charge in [-0.25, -0.2) is 12.6 Å². The summed E-state index contributed by atoms with van der Waals surface area (Å²) in [7, 11) is -8.86. The van der Waals surface area contributed by atoms with Gasteiger partial charge in [0.15, 0.2) is 5.71 Å². The summed E-state index contributed by atoms with van der Waals surface area (Å²) in [6.45, 7) is 8.38. The summed E-state index contributed by atoms with van der Waals surface area (Å²) in [5.74, 6) is -0.738. The smallest absolute Gasteiger partial charge is 0.744 e. The molecular weight excluding hydrogens is 954 g/mol. The van der Waals surface area contributed by atoms with Gasteiger partial charge in [0.2, 0.25) is 5.69 Å². The number of nitrogens with zero attached hydrogens (tertiary/aromatic N) is 2. The minimum Gasteiger partial charge on any atom is -0.744 e. The first kappa shape index (κ1) is 59.9. The van der Waals surface area contributed by atoms with Crippen molar-refractivity contribution in [1.82, 2.24) is 0 Å². The van der Waals surface area contributed by atoms with E-state index in [1.165, 1.54) is 18.2 Å². The van der Waals surface area contributed by atoms with Gasteiger partial charge < -0.3 is 33.1 Å². The molecule has 65 heavy (non-hydrogen) atoms. The van der Waals surface area contributed by atoms with Crippen molar-refractivity contribution in [3.8, 4) is 5.75 Å². The molecule has 336 valence electrons. The Kier molecular flexibility index (Phi) is 24.1. The summed E-state index contributed by atoms with van der Waals surface area (Å²) in [5.41, 5.74) is 5.21. The number of allylic oxidation sites excluding steroid dienone is 6. The quantitative estimate of drug-likeness (QED) is 0.00963. The van der Waals surface area contributed by atoms with Crippen LogP contribution in [0, 0.1) is 0 Å². The fraction of sp³-hybridized carbons (Fsp3) is 0.381. The molecule has 3 aromatic rings. The molecule has 2 aliphatic rings. The topological polar surface area (TPSA) is 249 Å². The molecule has 0 fully saturated rings. The van der Waals surface area contributed by atoms with Gasteiger partial charge in [0, 0.05) is 71.7 Å². The number of rotatable bonds is 22. The van der Waals surface area contributed by atoms with Crippen molar-refractivity contribution < 1.29 is 157 Å². The molecule has 0 amide bonds.